The van der Waals surface area contributed by atoms with E-state index in [0.717, 1.165) is 6.42 Å². The highest BCUT2D eigenvalue weighted by Gasteiger charge is 2.31. The second-order valence-electron chi connectivity index (χ2n) is 4.21. The van der Waals surface area contributed by atoms with Gasteiger partial charge < -0.3 is 15.2 Å². The van der Waals surface area contributed by atoms with Gasteiger partial charge in [-0.05, 0) is 19.8 Å². The monoisotopic (exact) mass is 253 g/mol. The molecule has 6 heteroatoms. The van der Waals surface area contributed by atoms with Crippen LogP contribution in [0.25, 0.3) is 0 Å². The smallest absolute Gasteiger partial charge is 0.329 e. The summed E-state index contributed by atoms with van der Waals surface area (Å²) in [4.78, 5) is 19.3. The van der Waals surface area contributed by atoms with Gasteiger partial charge in [-0.25, -0.2) is 4.79 Å². The molecule has 1 unspecified atom stereocenters. The molecule has 100 valence electrons. The molecule has 1 atom stereocenters. The molecule has 0 bridgehead atoms. The maximum absolute atomic E-state index is 11.2. The predicted molar refractivity (Wildman–Crippen MR) is 67.8 cm³/mol. The van der Waals surface area contributed by atoms with Crippen LogP contribution in [0.3, 0.4) is 0 Å². The van der Waals surface area contributed by atoms with Gasteiger partial charge in [0.25, 0.3) is 0 Å². The van der Waals surface area contributed by atoms with Gasteiger partial charge in [0, 0.05) is 0 Å². The molecule has 0 saturated heterocycles. The number of anilines is 1. The molecule has 1 aromatic heterocycles. The summed E-state index contributed by atoms with van der Waals surface area (Å²) >= 11 is 0. The van der Waals surface area contributed by atoms with Gasteiger partial charge in [0.05, 0.1) is 19.0 Å². The summed E-state index contributed by atoms with van der Waals surface area (Å²) in [5.74, 6) is -0.132. The predicted octanol–water partition coefficient (Wildman–Crippen LogP) is 1.93. The average molecular weight is 253 g/mol. The Morgan fingerprint density at radius 3 is 2.78 bits per heavy atom. The van der Waals surface area contributed by atoms with Crippen LogP contribution >= 0.6 is 0 Å². The summed E-state index contributed by atoms with van der Waals surface area (Å²) < 4.78 is 5.34. The van der Waals surface area contributed by atoms with Crippen molar-refractivity contribution < 1.29 is 14.6 Å². The van der Waals surface area contributed by atoms with E-state index in [4.69, 9.17) is 9.84 Å². The molecule has 1 heterocycles. The normalized spacial score (nSPS) is 13.7. The van der Waals surface area contributed by atoms with Gasteiger partial charge in [-0.2, -0.15) is 4.98 Å². The second kappa shape index (κ2) is 6.18. The topological polar surface area (TPSA) is 84.3 Å². The van der Waals surface area contributed by atoms with Crippen molar-refractivity contribution in [2.45, 2.75) is 39.2 Å². The summed E-state index contributed by atoms with van der Waals surface area (Å²) in [5, 5.41) is 12.0. The Labute approximate surface area is 106 Å². The van der Waals surface area contributed by atoms with Crippen molar-refractivity contribution in [3.8, 4) is 5.88 Å². The van der Waals surface area contributed by atoms with Crippen LogP contribution in [-0.2, 0) is 4.79 Å². The molecular weight excluding hydrogens is 234 g/mol. The van der Waals surface area contributed by atoms with Gasteiger partial charge in [0.15, 0.2) is 0 Å². The van der Waals surface area contributed by atoms with Gasteiger partial charge in [-0.3, -0.25) is 4.98 Å². The van der Waals surface area contributed by atoms with E-state index >= 15 is 0 Å². The van der Waals surface area contributed by atoms with Crippen molar-refractivity contribution in [1.29, 1.82) is 0 Å². The lowest BCUT2D eigenvalue weighted by molar-refractivity contribution is -0.141. The van der Waals surface area contributed by atoms with Gasteiger partial charge >= 0.3 is 5.97 Å². The Balaban J connectivity index is 2.80. The molecule has 0 fully saturated rings. The van der Waals surface area contributed by atoms with Crippen LogP contribution in [0, 0.1) is 0 Å². The van der Waals surface area contributed by atoms with Crippen LogP contribution in [0.1, 0.15) is 33.6 Å². The molecule has 0 aliphatic rings. The largest absolute Gasteiger partial charge is 0.480 e. The zero-order chi connectivity index (χ0) is 13.6. The van der Waals surface area contributed by atoms with Crippen LogP contribution in [0.5, 0.6) is 5.88 Å². The molecule has 1 rings (SSSR count). The number of carboxylic acid groups (broad SMARTS) is 1. The highest BCUT2D eigenvalue weighted by molar-refractivity contribution is 5.81. The number of nitrogens with one attached hydrogen (secondary N) is 1. The van der Waals surface area contributed by atoms with Crippen molar-refractivity contribution in [2.75, 3.05) is 11.9 Å². The zero-order valence-electron chi connectivity index (χ0n) is 10.9. The van der Waals surface area contributed by atoms with Gasteiger partial charge in [-0.1, -0.05) is 13.8 Å². The molecule has 0 saturated carbocycles. The quantitative estimate of drug-likeness (QED) is 0.772. The standard InChI is InChI=1S/C12H19N3O3/c1-4-6-18-10-8-13-7-9(14-10)15-12(3,5-2)11(16)17/h7-8H,4-6H2,1-3H3,(H,14,15)(H,16,17). The number of carbonyl (C=O) groups is 1. The average Bonchev–Trinajstić information content (AvgIpc) is 2.36. The molecule has 0 amide bonds. The van der Waals surface area contributed by atoms with E-state index in [1.807, 2.05) is 6.92 Å². The first kappa shape index (κ1) is 14.2. The van der Waals surface area contributed by atoms with Gasteiger partial charge in [0.2, 0.25) is 5.88 Å². The molecular formula is C12H19N3O3. The Morgan fingerprint density at radius 2 is 2.22 bits per heavy atom. The van der Waals surface area contributed by atoms with Crippen LogP contribution in [0.4, 0.5) is 5.82 Å². The Morgan fingerprint density at radius 1 is 1.50 bits per heavy atom. The molecule has 0 radical (unpaired) electrons. The first-order chi connectivity index (χ1) is 8.51. The fourth-order valence-corrected chi connectivity index (χ4v) is 1.26. The third kappa shape index (κ3) is 3.58. The maximum atomic E-state index is 11.2. The van der Waals surface area contributed by atoms with E-state index in [1.165, 1.54) is 12.4 Å². The minimum absolute atomic E-state index is 0.394. The van der Waals surface area contributed by atoms with Crippen LogP contribution in [0.2, 0.25) is 0 Å². The van der Waals surface area contributed by atoms with Crippen LogP contribution in [0.15, 0.2) is 12.4 Å². The third-order valence-electron chi connectivity index (χ3n) is 2.65. The van der Waals surface area contributed by atoms with Crippen LogP contribution in [-0.4, -0.2) is 33.2 Å². The molecule has 0 spiro atoms. The Kier molecular flexibility index (Phi) is 4.88. The lowest BCUT2D eigenvalue weighted by Gasteiger charge is -2.25. The third-order valence-corrected chi connectivity index (χ3v) is 2.65. The molecule has 1 aromatic rings. The van der Waals surface area contributed by atoms with E-state index < -0.39 is 11.5 Å². The molecule has 0 aliphatic carbocycles. The first-order valence-electron chi connectivity index (χ1n) is 5.98. The number of hydrogen-bond acceptors (Lipinski definition) is 5. The van der Waals surface area contributed by atoms with Crippen LogP contribution < -0.4 is 10.1 Å². The summed E-state index contributed by atoms with van der Waals surface area (Å²) in [7, 11) is 0. The van der Waals surface area contributed by atoms with Crippen molar-refractivity contribution in [3.05, 3.63) is 12.4 Å². The highest BCUT2D eigenvalue weighted by Crippen LogP contribution is 2.18. The van der Waals surface area contributed by atoms with E-state index in [-0.39, 0.29) is 0 Å². The first-order valence-corrected chi connectivity index (χ1v) is 5.98. The maximum Gasteiger partial charge on any atom is 0.329 e. The molecule has 0 aromatic carbocycles. The number of carboxylic acids is 1. The second-order valence-corrected chi connectivity index (χ2v) is 4.21. The SMILES string of the molecule is CCCOc1cncc(NC(C)(CC)C(=O)O)n1. The molecule has 0 aliphatic heterocycles. The van der Waals surface area contributed by atoms with Crippen molar-refractivity contribution in [2.24, 2.45) is 0 Å². The van der Waals surface area contributed by atoms with Gasteiger partial charge in [-0.15, -0.1) is 0 Å². The highest BCUT2D eigenvalue weighted by atomic mass is 16.5. The lowest BCUT2D eigenvalue weighted by Crippen LogP contribution is -2.42. The van der Waals surface area contributed by atoms with E-state index in [0.29, 0.717) is 24.7 Å². The van der Waals surface area contributed by atoms with E-state index in [9.17, 15) is 4.79 Å². The van der Waals surface area contributed by atoms with E-state index in [2.05, 4.69) is 15.3 Å². The number of aliphatic carboxylic acids is 1. The Hall–Kier alpha value is -1.85. The fraction of sp³-hybridized carbons (Fsp3) is 0.583. The number of nitrogens with zero attached hydrogens (tertiary/aromatic N) is 2. The summed E-state index contributed by atoms with van der Waals surface area (Å²) in [6, 6.07) is 0. The lowest BCUT2D eigenvalue weighted by atomic mass is 9.99. The molecule has 18 heavy (non-hydrogen) atoms. The number of aromatic nitrogens is 2. The van der Waals surface area contributed by atoms with Crippen molar-refractivity contribution in [1.82, 2.24) is 9.97 Å². The number of ether oxygens (including phenoxy) is 1. The minimum Gasteiger partial charge on any atom is -0.480 e. The molecule has 2 N–H and O–H groups in total. The summed E-state index contributed by atoms with van der Waals surface area (Å²) in [6.07, 6.45) is 4.30. The minimum atomic E-state index is -1.06. The Bertz CT molecular complexity index is 411. The van der Waals surface area contributed by atoms with Crippen molar-refractivity contribution >= 4 is 11.8 Å². The van der Waals surface area contributed by atoms with Crippen molar-refractivity contribution in [3.63, 3.8) is 0 Å². The zero-order valence-corrected chi connectivity index (χ0v) is 10.9. The molecule has 6 nitrogen and oxygen atoms in total. The number of rotatable bonds is 7. The number of hydrogen-bond donors (Lipinski definition) is 2. The summed E-state index contributed by atoms with van der Waals surface area (Å²) in [6.45, 7) is 5.96. The van der Waals surface area contributed by atoms with Gasteiger partial charge in [0.1, 0.15) is 11.4 Å². The summed E-state index contributed by atoms with van der Waals surface area (Å²) in [5.41, 5.74) is -1.06. The fourth-order valence-electron chi connectivity index (χ4n) is 1.26. The van der Waals surface area contributed by atoms with E-state index in [1.54, 1.807) is 13.8 Å².